The zero-order chi connectivity index (χ0) is 13.7. The Morgan fingerprint density at radius 2 is 1.79 bits per heavy atom. The number of hydrogen-bond donors (Lipinski definition) is 1. The molecule has 19 heavy (non-hydrogen) atoms. The van der Waals surface area contributed by atoms with Gasteiger partial charge in [0.15, 0.2) is 0 Å². The van der Waals surface area contributed by atoms with E-state index in [1.165, 1.54) is 5.56 Å². The van der Waals surface area contributed by atoms with Crippen molar-refractivity contribution in [3.05, 3.63) is 57.0 Å². The van der Waals surface area contributed by atoms with Crippen LogP contribution in [-0.4, -0.2) is 6.61 Å². The van der Waals surface area contributed by atoms with E-state index >= 15 is 0 Å². The van der Waals surface area contributed by atoms with E-state index < -0.39 is 0 Å². The Bertz CT molecular complexity index is 540. The zero-order valence-corrected chi connectivity index (χ0v) is 13.8. The van der Waals surface area contributed by atoms with Gasteiger partial charge in [-0.1, -0.05) is 22.0 Å². The molecule has 0 aliphatic rings. The maximum atomic E-state index is 5.50. The summed E-state index contributed by atoms with van der Waals surface area (Å²) in [6.45, 7) is 3.44. The number of benzene rings is 2. The summed E-state index contributed by atoms with van der Waals surface area (Å²) in [4.78, 5) is 0. The minimum absolute atomic E-state index is 0.676. The normalized spacial score (nSPS) is 10.3. The van der Waals surface area contributed by atoms with E-state index in [0.717, 1.165) is 26.9 Å². The Labute approximate surface area is 130 Å². The van der Waals surface area contributed by atoms with Gasteiger partial charge in [-0.25, -0.2) is 0 Å². The van der Waals surface area contributed by atoms with Gasteiger partial charge >= 0.3 is 0 Å². The molecule has 2 aromatic rings. The summed E-state index contributed by atoms with van der Waals surface area (Å²) < 4.78 is 7.57. The highest BCUT2D eigenvalue weighted by atomic mass is 79.9. The van der Waals surface area contributed by atoms with Gasteiger partial charge in [0.2, 0.25) is 0 Å². The first-order valence-electron chi connectivity index (χ1n) is 6.09. The summed E-state index contributed by atoms with van der Waals surface area (Å²) in [7, 11) is 0. The number of hydrogen-bond acceptors (Lipinski definition) is 2. The predicted octanol–water partition coefficient (Wildman–Crippen LogP) is 5.22. The highest BCUT2D eigenvalue weighted by Crippen LogP contribution is 2.26. The van der Waals surface area contributed by atoms with Gasteiger partial charge in [0.25, 0.3) is 0 Å². The molecule has 0 aliphatic heterocycles. The number of nitrogens with one attached hydrogen (secondary N) is 1. The molecule has 0 heterocycles. The standard InChI is InChI=1S/C15H15Br2NO/c1-2-19-15-8-3-11(9-14(15)17)10-18-13-6-4-12(16)5-7-13/h3-9,18H,2,10H2,1H3. The second-order valence-corrected chi connectivity index (χ2v) is 5.83. The van der Waals surface area contributed by atoms with Crippen LogP contribution >= 0.6 is 31.9 Å². The van der Waals surface area contributed by atoms with Crippen molar-refractivity contribution in [1.29, 1.82) is 0 Å². The Kier molecular flexibility index (Phi) is 5.28. The first-order chi connectivity index (χ1) is 9.19. The topological polar surface area (TPSA) is 21.3 Å². The maximum Gasteiger partial charge on any atom is 0.133 e. The predicted molar refractivity (Wildman–Crippen MR) is 86.8 cm³/mol. The van der Waals surface area contributed by atoms with E-state index in [4.69, 9.17) is 4.74 Å². The third kappa shape index (κ3) is 4.25. The van der Waals surface area contributed by atoms with Gasteiger partial charge in [-0.05, 0) is 64.8 Å². The lowest BCUT2D eigenvalue weighted by molar-refractivity contribution is 0.338. The third-order valence-electron chi connectivity index (χ3n) is 2.64. The molecule has 0 aromatic heterocycles. The van der Waals surface area contributed by atoms with Crippen molar-refractivity contribution >= 4 is 37.5 Å². The quantitative estimate of drug-likeness (QED) is 0.762. The van der Waals surface area contributed by atoms with E-state index in [-0.39, 0.29) is 0 Å². The number of ether oxygens (including phenoxy) is 1. The molecule has 0 aliphatic carbocycles. The highest BCUT2D eigenvalue weighted by Gasteiger charge is 2.02. The second-order valence-electron chi connectivity index (χ2n) is 4.06. The lowest BCUT2D eigenvalue weighted by atomic mass is 10.2. The van der Waals surface area contributed by atoms with Crippen LogP contribution in [0.25, 0.3) is 0 Å². The number of rotatable bonds is 5. The summed E-state index contributed by atoms with van der Waals surface area (Å²) in [5, 5.41) is 3.38. The van der Waals surface area contributed by atoms with Crippen LogP contribution < -0.4 is 10.1 Å². The van der Waals surface area contributed by atoms with Crippen LogP contribution in [0.2, 0.25) is 0 Å². The second kappa shape index (κ2) is 6.96. The van der Waals surface area contributed by atoms with Gasteiger partial charge in [-0.3, -0.25) is 0 Å². The molecule has 2 nitrogen and oxygen atoms in total. The summed E-state index contributed by atoms with van der Waals surface area (Å²) in [5.74, 6) is 0.884. The average molecular weight is 385 g/mol. The van der Waals surface area contributed by atoms with Crippen LogP contribution in [0.1, 0.15) is 12.5 Å². The Balaban J connectivity index is 1.99. The smallest absolute Gasteiger partial charge is 0.133 e. The third-order valence-corrected chi connectivity index (χ3v) is 3.79. The molecule has 0 bridgehead atoms. The molecule has 4 heteroatoms. The summed E-state index contributed by atoms with van der Waals surface area (Å²) in [6.07, 6.45) is 0. The van der Waals surface area contributed by atoms with E-state index in [9.17, 15) is 0 Å². The molecule has 0 amide bonds. The van der Waals surface area contributed by atoms with Crippen molar-refractivity contribution in [2.45, 2.75) is 13.5 Å². The summed E-state index contributed by atoms with van der Waals surface area (Å²) in [6, 6.07) is 14.3. The van der Waals surface area contributed by atoms with Gasteiger partial charge in [-0.2, -0.15) is 0 Å². The van der Waals surface area contributed by atoms with Crippen LogP contribution in [0.4, 0.5) is 5.69 Å². The Hall–Kier alpha value is -1.000. The number of anilines is 1. The number of halogens is 2. The van der Waals surface area contributed by atoms with Crippen molar-refractivity contribution in [3.63, 3.8) is 0 Å². The van der Waals surface area contributed by atoms with Gasteiger partial charge in [0.1, 0.15) is 5.75 Å². The van der Waals surface area contributed by atoms with E-state index in [2.05, 4.69) is 49.3 Å². The van der Waals surface area contributed by atoms with E-state index in [1.54, 1.807) is 0 Å². The summed E-state index contributed by atoms with van der Waals surface area (Å²) in [5.41, 5.74) is 2.31. The molecule has 0 unspecified atom stereocenters. The zero-order valence-electron chi connectivity index (χ0n) is 10.6. The fraction of sp³-hybridized carbons (Fsp3) is 0.200. The molecule has 0 atom stereocenters. The summed E-state index contributed by atoms with van der Waals surface area (Å²) >= 11 is 6.95. The van der Waals surface area contributed by atoms with Crippen molar-refractivity contribution in [3.8, 4) is 5.75 Å². The van der Waals surface area contributed by atoms with Crippen molar-refractivity contribution < 1.29 is 4.74 Å². The van der Waals surface area contributed by atoms with Crippen LogP contribution in [0, 0.1) is 0 Å². The minimum atomic E-state index is 0.676. The molecule has 2 rings (SSSR count). The maximum absolute atomic E-state index is 5.50. The van der Waals surface area contributed by atoms with Gasteiger partial charge < -0.3 is 10.1 Å². The minimum Gasteiger partial charge on any atom is -0.493 e. The molecule has 100 valence electrons. The van der Waals surface area contributed by atoms with Crippen LogP contribution in [0.3, 0.4) is 0 Å². The monoisotopic (exact) mass is 383 g/mol. The van der Waals surface area contributed by atoms with E-state index in [1.807, 2.05) is 37.3 Å². The molecule has 2 aromatic carbocycles. The fourth-order valence-electron chi connectivity index (χ4n) is 1.70. The van der Waals surface area contributed by atoms with Crippen LogP contribution in [0.5, 0.6) is 5.75 Å². The molecule has 0 fully saturated rings. The molecule has 1 N–H and O–H groups in total. The lowest BCUT2D eigenvalue weighted by Crippen LogP contribution is -2.00. The molecule has 0 saturated heterocycles. The first-order valence-corrected chi connectivity index (χ1v) is 7.68. The van der Waals surface area contributed by atoms with Crippen molar-refractivity contribution in [2.75, 3.05) is 11.9 Å². The SMILES string of the molecule is CCOc1ccc(CNc2ccc(Br)cc2)cc1Br. The average Bonchev–Trinajstić information content (AvgIpc) is 2.41. The van der Waals surface area contributed by atoms with Gasteiger partial charge in [0, 0.05) is 16.7 Å². The lowest BCUT2D eigenvalue weighted by Gasteiger charge is -2.10. The van der Waals surface area contributed by atoms with E-state index in [0.29, 0.717) is 6.61 Å². The molecule has 0 radical (unpaired) electrons. The molecular weight excluding hydrogens is 370 g/mol. The van der Waals surface area contributed by atoms with Crippen LogP contribution in [-0.2, 0) is 6.54 Å². The fourth-order valence-corrected chi connectivity index (χ4v) is 2.50. The Morgan fingerprint density at radius 1 is 1.05 bits per heavy atom. The highest BCUT2D eigenvalue weighted by molar-refractivity contribution is 9.10. The van der Waals surface area contributed by atoms with Crippen molar-refractivity contribution in [1.82, 2.24) is 0 Å². The van der Waals surface area contributed by atoms with Crippen LogP contribution in [0.15, 0.2) is 51.4 Å². The van der Waals surface area contributed by atoms with Gasteiger partial charge in [-0.15, -0.1) is 0 Å². The largest absolute Gasteiger partial charge is 0.493 e. The Morgan fingerprint density at radius 3 is 2.42 bits per heavy atom. The molecule has 0 saturated carbocycles. The first kappa shape index (κ1) is 14.4. The molecule has 0 spiro atoms. The van der Waals surface area contributed by atoms with Gasteiger partial charge in [0.05, 0.1) is 11.1 Å². The van der Waals surface area contributed by atoms with Crippen molar-refractivity contribution in [2.24, 2.45) is 0 Å². The molecular formula is C15H15Br2NO.